The van der Waals surface area contributed by atoms with Crippen LogP contribution >= 0.6 is 15.9 Å². The molecule has 3 heterocycles. The molecule has 1 saturated heterocycles. The first-order valence-electron chi connectivity index (χ1n) is 6.72. The summed E-state index contributed by atoms with van der Waals surface area (Å²) in [5, 5.41) is 14.2. The van der Waals surface area contributed by atoms with E-state index >= 15 is 0 Å². The maximum atomic E-state index is 12.4. The molecule has 1 aliphatic rings. The van der Waals surface area contributed by atoms with Crippen molar-refractivity contribution in [3.8, 4) is 0 Å². The van der Waals surface area contributed by atoms with Gasteiger partial charge in [0.1, 0.15) is 5.82 Å². The first kappa shape index (κ1) is 14.5. The molecule has 2 aromatic heterocycles. The van der Waals surface area contributed by atoms with Gasteiger partial charge in [0.15, 0.2) is 0 Å². The van der Waals surface area contributed by atoms with Gasteiger partial charge in [0.05, 0.1) is 30.7 Å². The minimum Gasteiger partial charge on any atom is -0.391 e. The molecule has 0 amide bonds. The number of fused-ring (bicyclic) bond motifs is 1. The second-order valence-corrected chi connectivity index (χ2v) is 6.10. The van der Waals surface area contributed by atoms with Crippen LogP contribution in [0.25, 0.3) is 10.8 Å². The molecular weight excluding hydrogens is 338 g/mol. The molecular formula is C14H16BrN3O3. The summed E-state index contributed by atoms with van der Waals surface area (Å²) in [6.07, 6.45) is 3.49. The number of halogens is 1. The summed E-state index contributed by atoms with van der Waals surface area (Å²) < 4.78 is 7.62. The Labute approximate surface area is 129 Å². The Hall–Kier alpha value is -1.44. The standard InChI is InChI=1S/C14H16BrN3O3/c1-18-3-2-10-11(15)5-16-13(12(10)14(18)20)17-8-4-9(19)7-21-6-8/h2-3,5,8-9,19H,4,6-7H2,1H3,(H,16,17)/t8-,9+/m0/s1. The van der Waals surface area contributed by atoms with Crippen LogP contribution in [-0.2, 0) is 11.8 Å². The van der Waals surface area contributed by atoms with Gasteiger partial charge in [-0.2, -0.15) is 0 Å². The number of pyridine rings is 2. The molecule has 1 aliphatic heterocycles. The molecule has 0 bridgehead atoms. The number of ether oxygens (including phenoxy) is 1. The lowest BCUT2D eigenvalue weighted by molar-refractivity contribution is -0.0117. The number of hydrogen-bond acceptors (Lipinski definition) is 5. The monoisotopic (exact) mass is 353 g/mol. The van der Waals surface area contributed by atoms with Crippen LogP contribution in [0.5, 0.6) is 0 Å². The van der Waals surface area contributed by atoms with Crippen LogP contribution in [0.3, 0.4) is 0 Å². The van der Waals surface area contributed by atoms with Crippen LogP contribution in [0.15, 0.2) is 27.7 Å². The highest BCUT2D eigenvalue weighted by Crippen LogP contribution is 2.26. The SMILES string of the molecule is Cn1ccc2c(Br)cnc(N[C@@H]3COC[C@H](O)C3)c2c1=O. The van der Waals surface area contributed by atoms with E-state index in [1.54, 1.807) is 19.4 Å². The zero-order chi connectivity index (χ0) is 15.0. The molecule has 0 radical (unpaired) electrons. The molecule has 2 N–H and O–H groups in total. The van der Waals surface area contributed by atoms with Gasteiger partial charge >= 0.3 is 0 Å². The molecule has 0 unspecified atom stereocenters. The lowest BCUT2D eigenvalue weighted by Crippen LogP contribution is -2.38. The number of hydrogen-bond donors (Lipinski definition) is 2. The fourth-order valence-corrected chi connectivity index (χ4v) is 2.96. The second kappa shape index (κ2) is 5.75. The summed E-state index contributed by atoms with van der Waals surface area (Å²) >= 11 is 3.42. The number of aromatic nitrogens is 2. The fraction of sp³-hybridized carbons (Fsp3) is 0.429. The Kier molecular flexibility index (Phi) is 3.97. The molecule has 6 nitrogen and oxygen atoms in total. The Morgan fingerprint density at radius 3 is 3.10 bits per heavy atom. The highest BCUT2D eigenvalue weighted by molar-refractivity contribution is 9.10. The molecule has 7 heteroatoms. The first-order chi connectivity index (χ1) is 10.1. The highest BCUT2D eigenvalue weighted by atomic mass is 79.9. The van der Waals surface area contributed by atoms with E-state index in [1.165, 1.54) is 4.57 Å². The smallest absolute Gasteiger partial charge is 0.261 e. The van der Waals surface area contributed by atoms with E-state index in [0.717, 1.165) is 9.86 Å². The quantitative estimate of drug-likeness (QED) is 0.849. The minimum absolute atomic E-state index is 0.0597. The van der Waals surface area contributed by atoms with Crippen molar-refractivity contribution in [2.75, 3.05) is 18.5 Å². The molecule has 2 atom stereocenters. The van der Waals surface area contributed by atoms with E-state index in [-0.39, 0.29) is 11.6 Å². The number of anilines is 1. The van der Waals surface area contributed by atoms with Crippen LogP contribution in [0.1, 0.15) is 6.42 Å². The van der Waals surface area contributed by atoms with E-state index in [2.05, 4.69) is 26.2 Å². The third-order valence-electron chi connectivity index (χ3n) is 3.60. The number of rotatable bonds is 2. The van der Waals surface area contributed by atoms with Crippen LogP contribution in [0.4, 0.5) is 5.82 Å². The Morgan fingerprint density at radius 2 is 2.33 bits per heavy atom. The average Bonchev–Trinajstić information content (AvgIpc) is 2.45. The van der Waals surface area contributed by atoms with Crippen LogP contribution in [0, 0.1) is 0 Å². The maximum Gasteiger partial charge on any atom is 0.261 e. The molecule has 0 spiro atoms. The van der Waals surface area contributed by atoms with Gasteiger partial charge in [-0.05, 0) is 28.4 Å². The molecule has 1 fully saturated rings. The third-order valence-corrected chi connectivity index (χ3v) is 4.23. The Bertz CT molecular complexity index is 731. The average molecular weight is 354 g/mol. The lowest BCUT2D eigenvalue weighted by atomic mass is 10.1. The van der Waals surface area contributed by atoms with E-state index in [1.807, 2.05) is 6.07 Å². The van der Waals surface area contributed by atoms with Crippen molar-refractivity contribution >= 4 is 32.5 Å². The summed E-state index contributed by atoms with van der Waals surface area (Å²) in [7, 11) is 1.71. The van der Waals surface area contributed by atoms with Crippen molar-refractivity contribution in [1.82, 2.24) is 9.55 Å². The highest BCUT2D eigenvalue weighted by Gasteiger charge is 2.22. The van der Waals surface area contributed by atoms with Crippen LogP contribution in [0.2, 0.25) is 0 Å². The van der Waals surface area contributed by atoms with Crippen molar-refractivity contribution in [3.63, 3.8) is 0 Å². The van der Waals surface area contributed by atoms with Gasteiger partial charge in [0.25, 0.3) is 5.56 Å². The van der Waals surface area contributed by atoms with Crippen molar-refractivity contribution < 1.29 is 9.84 Å². The largest absolute Gasteiger partial charge is 0.391 e. The number of aliphatic hydroxyl groups excluding tert-OH is 1. The molecule has 2 aromatic rings. The van der Waals surface area contributed by atoms with Gasteiger partial charge in [-0.25, -0.2) is 4.98 Å². The van der Waals surface area contributed by atoms with Crippen LogP contribution in [-0.4, -0.2) is 40.0 Å². The van der Waals surface area contributed by atoms with Crippen LogP contribution < -0.4 is 10.9 Å². The van der Waals surface area contributed by atoms with Crippen molar-refractivity contribution in [1.29, 1.82) is 0 Å². The Balaban J connectivity index is 2.04. The lowest BCUT2D eigenvalue weighted by Gasteiger charge is -2.27. The summed E-state index contributed by atoms with van der Waals surface area (Å²) in [6.45, 7) is 0.845. The first-order valence-corrected chi connectivity index (χ1v) is 7.51. The number of nitrogens with one attached hydrogen (secondary N) is 1. The zero-order valence-corrected chi connectivity index (χ0v) is 13.1. The zero-order valence-electron chi connectivity index (χ0n) is 11.5. The molecule has 3 rings (SSSR count). The normalized spacial score (nSPS) is 22.4. The molecule has 0 aliphatic carbocycles. The van der Waals surface area contributed by atoms with E-state index in [9.17, 15) is 9.90 Å². The van der Waals surface area contributed by atoms with Crippen molar-refractivity contribution in [2.45, 2.75) is 18.6 Å². The summed E-state index contributed by atoms with van der Waals surface area (Å²) in [5.41, 5.74) is -0.110. The number of nitrogens with zero attached hydrogens (tertiary/aromatic N) is 2. The fourth-order valence-electron chi connectivity index (χ4n) is 2.53. The van der Waals surface area contributed by atoms with Gasteiger partial charge in [-0.15, -0.1) is 0 Å². The minimum atomic E-state index is -0.485. The van der Waals surface area contributed by atoms with E-state index < -0.39 is 6.10 Å². The topological polar surface area (TPSA) is 76.4 Å². The van der Waals surface area contributed by atoms with Crippen molar-refractivity contribution in [3.05, 3.63) is 33.3 Å². The van der Waals surface area contributed by atoms with Crippen molar-refractivity contribution in [2.24, 2.45) is 7.05 Å². The van der Waals surface area contributed by atoms with Gasteiger partial charge < -0.3 is 19.7 Å². The molecule has 21 heavy (non-hydrogen) atoms. The maximum absolute atomic E-state index is 12.4. The summed E-state index contributed by atoms with van der Waals surface area (Å²) in [6, 6.07) is 1.82. The molecule has 0 saturated carbocycles. The van der Waals surface area contributed by atoms with E-state index in [4.69, 9.17) is 4.74 Å². The number of aliphatic hydroxyl groups is 1. The Morgan fingerprint density at radius 1 is 1.52 bits per heavy atom. The second-order valence-electron chi connectivity index (χ2n) is 5.24. The number of aryl methyl sites for hydroxylation is 1. The molecule has 0 aromatic carbocycles. The summed E-state index contributed by atoms with van der Waals surface area (Å²) in [4.78, 5) is 16.7. The van der Waals surface area contributed by atoms with Gasteiger partial charge in [-0.1, -0.05) is 0 Å². The predicted octanol–water partition coefficient (Wildman–Crippen LogP) is 1.26. The van der Waals surface area contributed by atoms with Gasteiger partial charge in [0.2, 0.25) is 0 Å². The van der Waals surface area contributed by atoms with Gasteiger partial charge in [0, 0.05) is 29.3 Å². The summed E-state index contributed by atoms with van der Waals surface area (Å²) in [5.74, 6) is 0.525. The third kappa shape index (κ3) is 2.81. The van der Waals surface area contributed by atoms with Gasteiger partial charge in [-0.3, -0.25) is 4.79 Å². The molecule has 112 valence electrons. The van der Waals surface area contributed by atoms with E-state index in [0.29, 0.717) is 30.8 Å². The predicted molar refractivity (Wildman–Crippen MR) is 83.5 cm³/mol.